The maximum Gasteiger partial charge on any atom is 0.295 e. The minimum Gasteiger partial charge on any atom is -0.507 e. The Morgan fingerprint density at radius 1 is 1.13 bits per heavy atom. The second-order valence-electron chi connectivity index (χ2n) is 7.31. The number of hydrogen-bond acceptors (Lipinski definition) is 5. The number of ketones is 1. The molecule has 1 unspecified atom stereocenters. The lowest BCUT2D eigenvalue weighted by molar-refractivity contribution is -0.140. The first-order valence-electron chi connectivity index (χ1n) is 9.74. The van der Waals surface area contributed by atoms with E-state index < -0.39 is 17.7 Å². The number of hydrogen-bond donors (Lipinski definition) is 1. The average molecular weight is 464 g/mol. The molecule has 31 heavy (non-hydrogen) atoms. The highest BCUT2D eigenvalue weighted by Gasteiger charge is 2.46. The summed E-state index contributed by atoms with van der Waals surface area (Å²) in [6.45, 7) is 4.19. The molecule has 6 nitrogen and oxygen atoms in total. The van der Waals surface area contributed by atoms with Crippen molar-refractivity contribution in [1.29, 1.82) is 0 Å². The van der Waals surface area contributed by atoms with Crippen LogP contribution < -0.4 is 4.74 Å². The van der Waals surface area contributed by atoms with Crippen molar-refractivity contribution in [2.24, 2.45) is 0 Å². The summed E-state index contributed by atoms with van der Waals surface area (Å²) < 4.78 is 10.8. The van der Waals surface area contributed by atoms with E-state index in [4.69, 9.17) is 32.7 Å². The number of methoxy groups -OCH3 is 1. The van der Waals surface area contributed by atoms with Crippen molar-refractivity contribution in [3.05, 3.63) is 69.2 Å². The molecule has 0 spiro atoms. The van der Waals surface area contributed by atoms with E-state index in [-0.39, 0.29) is 41.2 Å². The van der Waals surface area contributed by atoms with Gasteiger partial charge in [0.2, 0.25) is 0 Å². The maximum atomic E-state index is 13.0. The fourth-order valence-electron chi connectivity index (χ4n) is 3.45. The van der Waals surface area contributed by atoms with Crippen molar-refractivity contribution in [1.82, 2.24) is 4.90 Å². The summed E-state index contributed by atoms with van der Waals surface area (Å²) in [4.78, 5) is 27.3. The van der Waals surface area contributed by atoms with Gasteiger partial charge in [-0.25, -0.2) is 0 Å². The second-order valence-corrected chi connectivity index (χ2v) is 8.15. The topological polar surface area (TPSA) is 76.1 Å². The number of nitrogens with zero attached hydrogens (tertiary/aromatic N) is 1. The number of benzene rings is 2. The van der Waals surface area contributed by atoms with Crippen LogP contribution in [-0.2, 0) is 14.3 Å². The molecular weight excluding hydrogens is 441 g/mol. The third kappa shape index (κ3) is 4.87. The van der Waals surface area contributed by atoms with Gasteiger partial charge in [0.05, 0.1) is 36.5 Å². The fourth-order valence-corrected chi connectivity index (χ4v) is 3.78. The van der Waals surface area contributed by atoms with Gasteiger partial charge in [-0.15, -0.1) is 0 Å². The highest BCUT2D eigenvalue weighted by Crippen LogP contribution is 2.41. The van der Waals surface area contributed by atoms with Gasteiger partial charge in [0.25, 0.3) is 11.7 Å². The molecule has 0 aromatic heterocycles. The Bertz CT molecular complexity index is 1020. The van der Waals surface area contributed by atoms with E-state index in [0.29, 0.717) is 16.3 Å². The smallest absolute Gasteiger partial charge is 0.295 e. The van der Waals surface area contributed by atoms with Gasteiger partial charge in [-0.2, -0.15) is 0 Å². The number of aliphatic hydroxyl groups is 1. The third-order valence-electron chi connectivity index (χ3n) is 4.94. The Hall–Kier alpha value is -2.54. The van der Waals surface area contributed by atoms with Gasteiger partial charge < -0.3 is 19.5 Å². The van der Waals surface area contributed by atoms with Crippen LogP contribution in [0.1, 0.15) is 31.0 Å². The van der Waals surface area contributed by atoms with Gasteiger partial charge in [0, 0.05) is 17.1 Å². The molecule has 8 heteroatoms. The first kappa shape index (κ1) is 23.1. The molecule has 1 fully saturated rings. The number of likely N-dealkylation sites (tertiary alicyclic amines) is 1. The molecule has 1 aliphatic rings. The van der Waals surface area contributed by atoms with Crippen LogP contribution in [0.4, 0.5) is 0 Å². The number of amides is 1. The Morgan fingerprint density at radius 2 is 1.81 bits per heavy atom. The van der Waals surface area contributed by atoms with Gasteiger partial charge >= 0.3 is 0 Å². The summed E-state index contributed by atoms with van der Waals surface area (Å²) in [5.41, 5.74) is 0.789. The number of Topliss-reactive ketones (excluding diaryl/α,β-unsaturated/α-hetero) is 1. The Morgan fingerprint density at radius 3 is 2.42 bits per heavy atom. The van der Waals surface area contributed by atoms with Gasteiger partial charge in [-0.05, 0) is 49.7 Å². The van der Waals surface area contributed by atoms with Gasteiger partial charge in [-0.1, -0.05) is 35.3 Å². The van der Waals surface area contributed by atoms with E-state index in [2.05, 4.69) is 0 Å². The molecule has 0 saturated carbocycles. The highest BCUT2D eigenvalue weighted by molar-refractivity contribution is 6.47. The lowest BCUT2D eigenvalue weighted by atomic mass is 9.95. The van der Waals surface area contributed by atoms with Crippen LogP contribution in [0.25, 0.3) is 5.76 Å². The van der Waals surface area contributed by atoms with Crippen molar-refractivity contribution >= 4 is 40.7 Å². The van der Waals surface area contributed by atoms with Crippen LogP contribution in [0.5, 0.6) is 5.75 Å². The van der Waals surface area contributed by atoms with E-state index >= 15 is 0 Å². The van der Waals surface area contributed by atoms with Crippen molar-refractivity contribution in [2.45, 2.75) is 26.0 Å². The summed E-state index contributed by atoms with van der Waals surface area (Å²) in [5.74, 6) is -1.42. The minimum atomic E-state index is -0.810. The number of carbonyl (C=O) groups excluding carboxylic acids is 2. The van der Waals surface area contributed by atoms with E-state index in [9.17, 15) is 14.7 Å². The predicted molar refractivity (Wildman–Crippen MR) is 120 cm³/mol. The lowest BCUT2D eigenvalue weighted by Crippen LogP contribution is -2.33. The first-order chi connectivity index (χ1) is 14.7. The largest absolute Gasteiger partial charge is 0.507 e. The van der Waals surface area contributed by atoms with Gasteiger partial charge in [0.15, 0.2) is 0 Å². The summed E-state index contributed by atoms with van der Waals surface area (Å²) in [5, 5.41) is 11.8. The fraction of sp³-hybridized carbons (Fsp3) is 0.304. The first-order valence-corrected chi connectivity index (χ1v) is 10.5. The van der Waals surface area contributed by atoms with E-state index in [1.807, 2.05) is 13.8 Å². The molecule has 1 heterocycles. The average Bonchev–Trinajstić information content (AvgIpc) is 2.99. The summed E-state index contributed by atoms with van der Waals surface area (Å²) in [6.07, 6.45) is -0.0265. The maximum absolute atomic E-state index is 13.0. The van der Waals surface area contributed by atoms with Gasteiger partial charge in [0.1, 0.15) is 11.5 Å². The second kappa shape index (κ2) is 9.73. The molecule has 0 radical (unpaired) electrons. The number of ether oxygens (including phenoxy) is 2. The molecule has 1 atom stereocenters. The van der Waals surface area contributed by atoms with E-state index in [1.165, 1.54) is 18.1 Å². The summed E-state index contributed by atoms with van der Waals surface area (Å²) in [7, 11) is 1.48. The standard InChI is InChI=1S/C23H23Cl2NO5/c1-13(2)31-11-10-26-20(14-4-6-15(24)7-5-14)19(22(28)23(26)29)21(27)17-12-16(30-3)8-9-18(17)25/h4-9,12-13,20,27H,10-11H2,1-3H3/b21-19+. The number of rotatable bonds is 7. The zero-order valence-corrected chi connectivity index (χ0v) is 18.9. The van der Waals surface area contributed by atoms with Crippen LogP contribution in [0, 0.1) is 0 Å². The van der Waals surface area contributed by atoms with Crippen molar-refractivity contribution in [3.63, 3.8) is 0 Å². The van der Waals surface area contributed by atoms with Crippen LogP contribution in [0.2, 0.25) is 10.0 Å². The monoisotopic (exact) mass is 463 g/mol. The zero-order valence-electron chi connectivity index (χ0n) is 17.4. The van der Waals surface area contributed by atoms with Crippen molar-refractivity contribution in [2.75, 3.05) is 20.3 Å². The zero-order chi connectivity index (χ0) is 22.7. The van der Waals surface area contributed by atoms with E-state index in [0.717, 1.165) is 0 Å². The molecule has 2 aromatic carbocycles. The van der Waals surface area contributed by atoms with Crippen LogP contribution >= 0.6 is 23.2 Å². The molecule has 2 aromatic rings. The quantitative estimate of drug-likeness (QED) is 0.360. The molecule has 1 aliphatic heterocycles. The molecule has 1 saturated heterocycles. The molecule has 164 valence electrons. The molecule has 0 bridgehead atoms. The van der Waals surface area contributed by atoms with Crippen molar-refractivity contribution < 1.29 is 24.2 Å². The normalized spacial score (nSPS) is 18.1. The molecular formula is C23H23Cl2NO5. The van der Waals surface area contributed by atoms with Crippen LogP contribution in [-0.4, -0.2) is 48.1 Å². The Labute approximate surface area is 191 Å². The minimum absolute atomic E-state index is 0.0265. The molecule has 0 aliphatic carbocycles. The SMILES string of the molecule is COc1ccc(Cl)c(/C(O)=C2\C(=O)C(=O)N(CCOC(C)C)C2c2ccc(Cl)cc2)c1. The third-order valence-corrected chi connectivity index (χ3v) is 5.52. The van der Waals surface area contributed by atoms with Crippen molar-refractivity contribution in [3.8, 4) is 5.75 Å². The Kier molecular flexibility index (Phi) is 7.26. The number of aliphatic hydroxyl groups excluding tert-OH is 1. The number of halogens is 2. The van der Waals surface area contributed by atoms with E-state index in [1.54, 1.807) is 36.4 Å². The number of carbonyl (C=O) groups is 2. The molecule has 3 rings (SSSR count). The predicted octanol–water partition coefficient (Wildman–Crippen LogP) is 4.85. The molecule has 1 amide bonds. The Balaban J connectivity index is 2.14. The molecule has 1 N–H and O–H groups in total. The summed E-state index contributed by atoms with van der Waals surface area (Å²) in [6, 6.07) is 10.7. The van der Waals surface area contributed by atoms with Gasteiger partial charge in [-0.3, -0.25) is 9.59 Å². The van der Waals surface area contributed by atoms with Crippen LogP contribution in [0.15, 0.2) is 48.0 Å². The van der Waals surface area contributed by atoms with Crippen LogP contribution in [0.3, 0.4) is 0 Å². The highest BCUT2D eigenvalue weighted by atomic mass is 35.5. The lowest BCUT2D eigenvalue weighted by Gasteiger charge is -2.25. The summed E-state index contributed by atoms with van der Waals surface area (Å²) >= 11 is 12.3.